The molecule has 3 rings (SSSR count). The van der Waals surface area contributed by atoms with Crippen molar-refractivity contribution in [3.8, 4) is 11.4 Å². The summed E-state index contributed by atoms with van der Waals surface area (Å²) in [7, 11) is 0. The van der Waals surface area contributed by atoms with E-state index in [9.17, 15) is 9.59 Å². The molecule has 1 amide bonds. The minimum atomic E-state index is -0.397. The van der Waals surface area contributed by atoms with Gasteiger partial charge in [0.15, 0.2) is 0 Å². The van der Waals surface area contributed by atoms with Crippen LogP contribution in [0.2, 0.25) is 0 Å². The summed E-state index contributed by atoms with van der Waals surface area (Å²) in [4.78, 5) is 33.8. The molecule has 0 bridgehead atoms. The maximum atomic E-state index is 12.7. The highest BCUT2D eigenvalue weighted by Gasteiger charge is 2.28. The molecule has 6 nitrogen and oxygen atoms in total. The monoisotopic (exact) mass is 355 g/mol. The van der Waals surface area contributed by atoms with Crippen LogP contribution in [0.15, 0.2) is 35.3 Å². The smallest absolute Gasteiger partial charge is 0.264 e. The van der Waals surface area contributed by atoms with E-state index in [4.69, 9.17) is 4.74 Å². The van der Waals surface area contributed by atoms with Crippen LogP contribution in [-0.4, -0.2) is 47.1 Å². The third-order valence-electron chi connectivity index (χ3n) is 4.63. The zero-order valence-electron chi connectivity index (χ0n) is 15.3. The summed E-state index contributed by atoms with van der Waals surface area (Å²) in [6.07, 6.45) is 3.28. The highest BCUT2D eigenvalue weighted by Crippen LogP contribution is 2.19. The molecule has 1 aromatic carbocycles. The van der Waals surface area contributed by atoms with Gasteiger partial charge in [-0.3, -0.25) is 9.59 Å². The minimum absolute atomic E-state index is 0.0935. The van der Waals surface area contributed by atoms with Gasteiger partial charge in [0.25, 0.3) is 11.5 Å². The number of aromatic nitrogens is 2. The van der Waals surface area contributed by atoms with Crippen LogP contribution in [0.1, 0.15) is 35.7 Å². The first-order chi connectivity index (χ1) is 12.6. The number of H-pyrrole nitrogens is 1. The van der Waals surface area contributed by atoms with Crippen molar-refractivity contribution in [2.45, 2.75) is 26.7 Å². The number of amides is 1. The Hall–Kier alpha value is -2.47. The second kappa shape index (κ2) is 8.27. The summed E-state index contributed by atoms with van der Waals surface area (Å²) in [5, 5.41) is 0. The zero-order valence-corrected chi connectivity index (χ0v) is 15.3. The van der Waals surface area contributed by atoms with Crippen LogP contribution < -0.4 is 5.56 Å². The normalized spacial score (nSPS) is 16.8. The van der Waals surface area contributed by atoms with Gasteiger partial charge in [-0.25, -0.2) is 4.98 Å². The fourth-order valence-corrected chi connectivity index (χ4v) is 3.12. The van der Waals surface area contributed by atoms with Crippen molar-refractivity contribution in [3.63, 3.8) is 0 Å². The lowest BCUT2D eigenvalue weighted by molar-refractivity contribution is 0.0752. The number of aromatic amines is 1. The Balaban J connectivity index is 1.69. The van der Waals surface area contributed by atoms with E-state index < -0.39 is 5.56 Å². The molecule has 1 aliphatic rings. The van der Waals surface area contributed by atoms with Crippen molar-refractivity contribution in [2.24, 2.45) is 5.92 Å². The molecule has 6 heteroatoms. The fourth-order valence-electron chi connectivity index (χ4n) is 3.12. The Kier molecular flexibility index (Phi) is 5.83. The van der Waals surface area contributed by atoms with Gasteiger partial charge in [-0.05, 0) is 19.8 Å². The van der Waals surface area contributed by atoms with Crippen LogP contribution in [0.25, 0.3) is 11.4 Å². The molecular formula is C20H25N3O3. The Bertz CT molecular complexity index is 814. The molecule has 1 aliphatic heterocycles. The molecule has 138 valence electrons. The van der Waals surface area contributed by atoms with Gasteiger partial charge >= 0.3 is 0 Å². The van der Waals surface area contributed by atoms with Gasteiger partial charge in [0.05, 0.1) is 6.61 Å². The Morgan fingerprint density at radius 1 is 1.35 bits per heavy atom. The quantitative estimate of drug-likeness (QED) is 0.808. The number of carbonyl (C=O) groups is 1. The summed E-state index contributed by atoms with van der Waals surface area (Å²) in [5.41, 5.74) is 1.65. The van der Waals surface area contributed by atoms with Crippen LogP contribution in [0.3, 0.4) is 0 Å². The number of hydrogen-bond acceptors (Lipinski definition) is 4. The third kappa shape index (κ3) is 4.19. The molecule has 1 aromatic heterocycles. The Morgan fingerprint density at radius 2 is 2.12 bits per heavy atom. The SMILES string of the molecule is CCCOC[C@H]1CCN(C(=O)c2cnc(-c3ccc(C)cc3)[nH]c2=O)C1. The lowest BCUT2D eigenvalue weighted by Crippen LogP contribution is -2.33. The first-order valence-corrected chi connectivity index (χ1v) is 9.12. The molecule has 26 heavy (non-hydrogen) atoms. The first kappa shape index (κ1) is 18.3. The van der Waals surface area contributed by atoms with E-state index in [-0.39, 0.29) is 11.5 Å². The van der Waals surface area contributed by atoms with Gasteiger partial charge in [0.2, 0.25) is 0 Å². The Morgan fingerprint density at radius 3 is 2.81 bits per heavy atom. The van der Waals surface area contributed by atoms with Crippen molar-refractivity contribution >= 4 is 5.91 Å². The predicted octanol–water partition coefficient (Wildman–Crippen LogP) is 2.63. The summed E-state index contributed by atoms with van der Waals surface area (Å²) in [5.74, 6) is 0.551. The number of nitrogens with one attached hydrogen (secondary N) is 1. The number of ether oxygens (including phenoxy) is 1. The fraction of sp³-hybridized carbons (Fsp3) is 0.450. The number of rotatable bonds is 6. The number of benzene rings is 1. The first-order valence-electron chi connectivity index (χ1n) is 9.12. The van der Waals surface area contributed by atoms with Gasteiger partial charge < -0.3 is 14.6 Å². The van der Waals surface area contributed by atoms with Gasteiger partial charge in [-0.15, -0.1) is 0 Å². The van der Waals surface area contributed by atoms with E-state index in [2.05, 4.69) is 16.9 Å². The maximum Gasteiger partial charge on any atom is 0.264 e. The molecule has 1 fully saturated rings. The minimum Gasteiger partial charge on any atom is -0.381 e. The second-order valence-corrected chi connectivity index (χ2v) is 6.82. The largest absolute Gasteiger partial charge is 0.381 e. The molecule has 2 heterocycles. The molecule has 0 unspecified atom stereocenters. The van der Waals surface area contributed by atoms with Crippen LogP contribution in [0.4, 0.5) is 0 Å². The van der Waals surface area contributed by atoms with Crippen molar-refractivity contribution in [3.05, 3.63) is 51.9 Å². The number of hydrogen-bond donors (Lipinski definition) is 1. The van der Waals surface area contributed by atoms with Gasteiger partial charge in [0.1, 0.15) is 11.4 Å². The van der Waals surface area contributed by atoms with E-state index in [1.807, 2.05) is 31.2 Å². The zero-order chi connectivity index (χ0) is 18.5. The molecule has 1 saturated heterocycles. The molecule has 0 spiro atoms. The van der Waals surface area contributed by atoms with Crippen LogP contribution in [-0.2, 0) is 4.74 Å². The average Bonchev–Trinajstić information content (AvgIpc) is 3.11. The molecule has 0 saturated carbocycles. The summed E-state index contributed by atoms with van der Waals surface area (Å²) in [6.45, 7) is 6.76. The number of aryl methyl sites for hydroxylation is 1. The topological polar surface area (TPSA) is 75.3 Å². The van der Waals surface area contributed by atoms with E-state index in [1.165, 1.54) is 6.20 Å². The van der Waals surface area contributed by atoms with Crippen LogP contribution in [0.5, 0.6) is 0 Å². The second-order valence-electron chi connectivity index (χ2n) is 6.82. The van der Waals surface area contributed by atoms with E-state index in [1.54, 1.807) is 4.90 Å². The van der Waals surface area contributed by atoms with Gasteiger partial charge in [0, 0.05) is 37.4 Å². The lowest BCUT2D eigenvalue weighted by atomic mass is 10.1. The van der Waals surface area contributed by atoms with Crippen molar-refractivity contribution in [1.29, 1.82) is 0 Å². The van der Waals surface area contributed by atoms with Gasteiger partial charge in [-0.1, -0.05) is 36.8 Å². The molecule has 1 atom stereocenters. The van der Waals surface area contributed by atoms with Crippen molar-refractivity contribution in [2.75, 3.05) is 26.3 Å². The van der Waals surface area contributed by atoms with Crippen molar-refractivity contribution < 1.29 is 9.53 Å². The van der Waals surface area contributed by atoms with E-state index in [0.29, 0.717) is 31.4 Å². The molecule has 0 aliphatic carbocycles. The Labute approximate surface area is 153 Å². The van der Waals surface area contributed by atoms with E-state index in [0.717, 1.165) is 30.6 Å². The highest BCUT2D eigenvalue weighted by atomic mass is 16.5. The third-order valence-corrected chi connectivity index (χ3v) is 4.63. The molecular weight excluding hydrogens is 330 g/mol. The molecule has 0 radical (unpaired) electrons. The van der Waals surface area contributed by atoms with E-state index >= 15 is 0 Å². The van der Waals surface area contributed by atoms with Crippen LogP contribution in [0, 0.1) is 12.8 Å². The average molecular weight is 355 g/mol. The maximum absolute atomic E-state index is 12.7. The number of nitrogens with zero attached hydrogens (tertiary/aromatic N) is 2. The summed E-state index contributed by atoms with van der Waals surface area (Å²) < 4.78 is 5.58. The lowest BCUT2D eigenvalue weighted by Gasteiger charge is -2.16. The summed E-state index contributed by atoms with van der Waals surface area (Å²) >= 11 is 0. The molecule has 1 N–H and O–H groups in total. The molecule has 2 aromatic rings. The number of carbonyl (C=O) groups excluding carboxylic acids is 1. The van der Waals surface area contributed by atoms with Crippen LogP contribution >= 0.6 is 0 Å². The number of likely N-dealkylation sites (tertiary alicyclic amines) is 1. The van der Waals surface area contributed by atoms with Crippen molar-refractivity contribution in [1.82, 2.24) is 14.9 Å². The standard InChI is InChI=1S/C20H25N3O3/c1-3-10-26-13-15-8-9-23(12-15)20(25)17-11-21-18(22-19(17)24)16-6-4-14(2)5-7-16/h4-7,11,15H,3,8-10,12-13H2,1-2H3,(H,21,22,24)/t15-/m0/s1. The summed E-state index contributed by atoms with van der Waals surface area (Å²) in [6, 6.07) is 7.71. The highest BCUT2D eigenvalue weighted by molar-refractivity contribution is 5.93. The van der Waals surface area contributed by atoms with Gasteiger partial charge in [-0.2, -0.15) is 0 Å². The predicted molar refractivity (Wildman–Crippen MR) is 100 cm³/mol.